The van der Waals surface area contributed by atoms with E-state index < -0.39 is 24.5 Å². The first-order valence-electron chi connectivity index (χ1n) is 9.75. The number of ether oxygens (including phenoxy) is 2. The van der Waals surface area contributed by atoms with Crippen LogP contribution in [0.4, 0.5) is 34.6 Å². The minimum absolute atomic E-state index is 0.0894. The van der Waals surface area contributed by atoms with Crippen LogP contribution in [-0.4, -0.2) is 30.8 Å². The Kier molecular flexibility index (Phi) is 7.05. The van der Waals surface area contributed by atoms with Gasteiger partial charge in [-0.25, -0.2) is 9.37 Å². The first kappa shape index (κ1) is 23.8. The van der Waals surface area contributed by atoms with Crippen molar-refractivity contribution in [3.05, 3.63) is 71.2 Å². The molecule has 3 aromatic rings. The maximum atomic E-state index is 13.5. The second-order valence-electron chi connectivity index (χ2n) is 7.14. The maximum Gasteiger partial charge on any atom is 0.422 e. The van der Waals surface area contributed by atoms with Crippen molar-refractivity contribution in [2.24, 2.45) is 0 Å². The summed E-state index contributed by atoms with van der Waals surface area (Å²) in [4.78, 5) is 17.2. The van der Waals surface area contributed by atoms with Gasteiger partial charge in [0.25, 0.3) is 5.91 Å². The van der Waals surface area contributed by atoms with Crippen LogP contribution in [0.2, 0.25) is 0 Å². The van der Waals surface area contributed by atoms with Gasteiger partial charge in [-0.15, -0.1) is 0 Å². The number of benzene rings is 2. The third-order valence-corrected chi connectivity index (χ3v) is 4.61. The molecule has 0 unspecified atom stereocenters. The number of aromatic nitrogens is 1. The van der Waals surface area contributed by atoms with Crippen LogP contribution >= 0.6 is 0 Å². The minimum atomic E-state index is -4.52. The average Bonchev–Trinajstić information content (AvgIpc) is 2.75. The molecule has 0 bridgehead atoms. The van der Waals surface area contributed by atoms with E-state index in [1.807, 2.05) is 0 Å². The molecule has 6 nitrogen and oxygen atoms in total. The van der Waals surface area contributed by atoms with Crippen LogP contribution in [-0.2, 0) is 0 Å². The Bertz CT molecular complexity index is 1170. The molecule has 2 N–H and O–H groups in total. The summed E-state index contributed by atoms with van der Waals surface area (Å²) >= 11 is 0. The topological polar surface area (TPSA) is 72.5 Å². The quantitative estimate of drug-likeness (QED) is 0.435. The molecule has 1 heterocycles. The Morgan fingerprint density at radius 3 is 2.36 bits per heavy atom. The summed E-state index contributed by atoms with van der Waals surface area (Å²) in [7, 11) is 1.47. The molecule has 174 valence electrons. The van der Waals surface area contributed by atoms with Crippen LogP contribution in [0.15, 0.2) is 48.5 Å². The molecular weight excluding hydrogens is 442 g/mol. The van der Waals surface area contributed by atoms with Crippen LogP contribution < -0.4 is 20.1 Å². The largest absolute Gasteiger partial charge is 0.484 e. The van der Waals surface area contributed by atoms with Gasteiger partial charge in [0, 0.05) is 17.8 Å². The van der Waals surface area contributed by atoms with Crippen molar-refractivity contribution < 1.29 is 31.8 Å². The lowest BCUT2D eigenvalue weighted by atomic mass is 10.1. The van der Waals surface area contributed by atoms with Crippen molar-refractivity contribution in [3.8, 4) is 11.6 Å². The molecule has 0 saturated carbocycles. The van der Waals surface area contributed by atoms with Crippen LogP contribution in [0.25, 0.3) is 0 Å². The van der Waals surface area contributed by atoms with Crippen molar-refractivity contribution in [3.63, 3.8) is 0 Å². The molecular formula is C23H21F4N3O3. The SMILES string of the molecule is COc1ccc(NC(=O)c2ccc(OCC(F)(F)F)cc2Nc2ccc(F)cc2C)c(C)n1. The Balaban J connectivity index is 1.93. The number of halogens is 4. The molecule has 1 amide bonds. The van der Waals surface area contributed by atoms with Gasteiger partial charge in [0.15, 0.2) is 6.61 Å². The number of rotatable bonds is 7. The van der Waals surface area contributed by atoms with E-state index in [1.54, 1.807) is 26.0 Å². The first-order chi connectivity index (χ1) is 15.6. The predicted octanol–water partition coefficient (Wildman–Crippen LogP) is 5.78. The lowest BCUT2D eigenvalue weighted by molar-refractivity contribution is -0.153. The van der Waals surface area contributed by atoms with E-state index in [0.29, 0.717) is 28.5 Å². The van der Waals surface area contributed by atoms with Gasteiger partial charge in [0.2, 0.25) is 5.88 Å². The van der Waals surface area contributed by atoms with Gasteiger partial charge in [-0.1, -0.05) is 0 Å². The summed E-state index contributed by atoms with van der Waals surface area (Å²) in [6.45, 7) is 1.86. The number of carbonyl (C=O) groups is 1. The number of hydrogen-bond acceptors (Lipinski definition) is 5. The first-order valence-corrected chi connectivity index (χ1v) is 9.75. The summed E-state index contributed by atoms with van der Waals surface area (Å²) in [6.07, 6.45) is -4.52. The number of nitrogens with zero attached hydrogens (tertiary/aromatic N) is 1. The summed E-state index contributed by atoms with van der Waals surface area (Å²) in [6, 6.07) is 11.1. The fourth-order valence-corrected chi connectivity index (χ4v) is 2.97. The van der Waals surface area contributed by atoms with Crippen molar-refractivity contribution in [1.29, 1.82) is 0 Å². The molecule has 0 fully saturated rings. The average molecular weight is 463 g/mol. The van der Waals surface area contributed by atoms with Crippen molar-refractivity contribution in [2.45, 2.75) is 20.0 Å². The van der Waals surface area contributed by atoms with Gasteiger partial charge in [-0.2, -0.15) is 13.2 Å². The fourth-order valence-electron chi connectivity index (χ4n) is 2.97. The third kappa shape index (κ3) is 6.34. The standard InChI is InChI=1S/C23H21F4N3O3/c1-13-10-15(24)4-7-18(13)29-20-11-16(33-12-23(25,26)27)5-6-17(20)22(31)30-19-8-9-21(32-3)28-14(19)2/h4-11,29H,12H2,1-3H3,(H,30,31). The van der Waals surface area contributed by atoms with Gasteiger partial charge >= 0.3 is 6.18 Å². The predicted molar refractivity (Wildman–Crippen MR) is 116 cm³/mol. The second-order valence-corrected chi connectivity index (χ2v) is 7.14. The van der Waals surface area contributed by atoms with Gasteiger partial charge < -0.3 is 20.1 Å². The smallest absolute Gasteiger partial charge is 0.422 e. The molecule has 0 aliphatic rings. The molecule has 1 aromatic heterocycles. The van der Waals surface area contributed by atoms with Crippen LogP contribution in [0.1, 0.15) is 21.6 Å². The highest BCUT2D eigenvalue weighted by atomic mass is 19.4. The van der Waals surface area contributed by atoms with Crippen molar-refractivity contribution in [1.82, 2.24) is 4.98 Å². The third-order valence-electron chi connectivity index (χ3n) is 4.61. The highest BCUT2D eigenvalue weighted by Crippen LogP contribution is 2.30. The number of alkyl halides is 3. The Hall–Kier alpha value is -3.82. The van der Waals surface area contributed by atoms with E-state index in [1.165, 1.54) is 43.5 Å². The summed E-state index contributed by atoms with van der Waals surface area (Å²) in [5.74, 6) is -0.685. The van der Waals surface area contributed by atoms with E-state index in [-0.39, 0.29) is 17.0 Å². The normalized spacial score (nSPS) is 11.1. The number of anilines is 3. The number of aryl methyl sites for hydroxylation is 2. The molecule has 3 rings (SSSR count). The molecule has 0 saturated heterocycles. The number of carbonyl (C=O) groups excluding carboxylic acids is 1. The molecule has 0 aliphatic heterocycles. The number of nitrogens with one attached hydrogen (secondary N) is 2. The maximum absolute atomic E-state index is 13.5. The van der Waals surface area contributed by atoms with E-state index >= 15 is 0 Å². The molecule has 2 aromatic carbocycles. The Morgan fingerprint density at radius 1 is 1.00 bits per heavy atom. The lowest BCUT2D eigenvalue weighted by Crippen LogP contribution is -2.19. The highest BCUT2D eigenvalue weighted by Gasteiger charge is 2.28. The number of amides is 1. The second kappa shape index (κ2) is 9.76. The van der Waals surface area contributed by atoms with E-state index in [9.17, 15) is 22.4 Å². The summed E-state index contributed by atoms with van der Waals surface area (Å²) in [5, 5.41) is 5.71. The highest BCUT2D eigenvalue weighted by molar-refractivity contribution is 6.08. The molecule has 10 heteroatoms. The zero-order chi connectivity index (χ0) is 24.2. The monoisotopic (exact) mass is 463 g/mol. The van der Waals surface area contributed by atoms with Gasteiger partial charge in [0.05, 0.1) is 29.7 Å². The molecule has 0 spiro atoms. The van der Waals surface area contributed by atoms with E-state index in [2.05, 4.69) is 15.6 Å². The van der Waals surface area contributed by atoms with E-state index in [4.69, 9.17) is 9.47 Å². The van der Waals surface area contributed by atoms with Crippen molar-refractivity contribution in [2.75, 3.05) is 24.4 Å². The zero-order valence-electron chi connectivity index (χ0n) is 18.0. The fraction of sp³-hybridized carbons (Fsp3) is 0.217. The molecule has 0 radical (unpaired) electrons. The summed E-state index contributed by atoms with van der Waals surface area (Å²) in [5.41, 5.74) is 2.27. The van der Waals surface area contributed by atoms with Crippen LogP contribution in [0.5, 0.6) is 11.6 Å². The van der Waals surface area contributed by atoms with Gasteiger partial charge in [-0.05, 0) is 55.8 Å². The number of pyridine rings is 1. The van der Waals surface area contributed by atoms with Crippen LogP contribution in [0.3, 0.4) is 0 Å². The van der Waals surface area contributed by atoms with Gasteiger partial charge in [0.1, 0.15) is 11.6 Å². The van der Waals surface area contributed by atoms with Gasteiger partial charge in [-0.3, -0.25) is 4.79 Å². The number of hydrogen-bond donors (Lipinski definition) is 2. The Morgan fingerprint density at radius 2 is 1.73 bits per heavy atom. The minimum Gasteiger partial charge on any atom is -0.484 e. The number of methoxy groups -OCH3 is 1. The molecule has 33 heavy (non-hydrogen) atoms. The molecule has 0 aliphatic carbocycles. The van der Waals surface area contributed by atoms with Crippen molar-refractivity contribution >= 4 is 23.0 Å². The zero-order valence-corrected chi connectivity index (χ0v) is 18.0. The Labute approximate surface area is 187 Å². The summed E-state index contributed by atoms with van der Waals surface area (Å²) < 4.78 is 61.0. The molecule has 0 atom stereocenters. The van der Waals surface area contributed by atoms with Crippen LogP contribution in [0, 0.1) is 19.7 Å². The van der Waals surface area contributed by atoms with E-state index in [0.717, 1.165) is 0 Å². The lowest BCUT2D eigenvalue weighted by Gasteiger charge is -2.17.